The number of hydrogen-bond donors (Lipinski definition) is 0. The smallest absolute Gasteiger partial charge is 0.270 e. The highest BCUT2D eigenvalue weighted by atomic mass is 16.2. The predicted octanol–water partition coefficient (Wildman–Crippen LogP) is 0.860. The normalized spacial score (nSPS) is 22.5. The van der Waals surface area contributed by atoms with Crippen molar-refractivity contribution in [2.45, 2.75) is 26.4 Å². The number of guanidine groups is 1. The minimum atomic E-state index is -0.580. The maximum absolute atomic E-state index is 12.7. The maximum Gasteiger partial charge on any atom is 0.417 e. The molecule has 1 aromatic rings. The van der Waals surface area contributed by atoms with Crippen LogP contribution in [0.15, 0.2) is 34.4 Å². The van der Waals surface area contributed by atoms with Crippen LogP contribution in [0.5, 0.6) is 0 Å². The molecule has 0 N–H and O–H groups in total. The first-order valence-electron chi connectivity index (χ1n) is 8.51. The molecule has 3 aliphatic heterocycles. The number of fused-ring (bicyclic) bond motifs is 2. The Kier molecular flexibility index (Phi) is 3.64. The topological polar surface area (TPSA) is 71.6 Å². The number of aliphatic imine (C=N–C) groups is 1. The summed E-state index contributed by atoms with van der Waals surface area (Å²) in [5, 5.41) is 6.43. The number of amides is 3. The minimum Gasteiger partial charge on any atom is -0.270 e. The van der Waals surface area contributed by atoms with E-state index in [4.69, 9.17) is 0 Å². The fraction of sp³-hybridized carbons (Fsp3) is 0.389. The molecule has 26 heavy (non-hydrogen) atoms. The number of carbonyl (C=O) groups is 2. The first-order chi connectivity index (χ1) is 12.4. The van der Waals surface area contributed by atoms with Crippen molar-refractivity contribution < 1.29 is 14.2 Å². The Morgan fingerprint density at radius 2 is 1.81 bits per heavy atom. The van der Waals surface area contributed by atoms with Crippen LogP contribution in [0.1, 0.15) is 18.1 Å². The van der Waals surface area contributed by atoms with E-state index in [9.17, 15) is 9.59 Å². The number of rotatable bonds is 2. The van der Waals surface area contributed by atoms with Crippen molar-refractivity contribution in [3.8, 4) is 0 Å². The summed E-state index contributed by atoms with van der Waals surface area (Å²) < 4.78 is 1.92. The number of hydrazone groups is 1. The van der Waals surface area contributed by atoms with Crippen LogP contribution in [0.4, 0.5) is 4.79 Å². The highest BCUT2D eigenvalue weighted by Crippen LogP contribution is 2.23. The molecule has 3 aliphatic rings. The summed E-state index contributed by atoms with van der Waals surface area (Å²) in [5.74, 6) is 0.818. The molecule has 0 aromatic heterocycles. The van der Waals surface area contributed by atoms with Gasteiger partial charge in [0.15, 0.2) is 0 Å². The van der Waals surface area contributed by atoms with Gasteiger partial charge in [0.05, 0.1) is 5.71 Å². The molecular weight excluding hydrogens is 332 g/mol. The molecule has 1 aromatic carbocycles. The third kappa shape index (κ3) is 2.40. The molecule has 1 saturated heterocycles. The Balaban J connectivity index is 1.72. The molecule has 0 saturated carbocycles. The molecule has 0 radical (unpaired) electrons. The van der Waals surface area contributed by atoms with Crippen molar-refractivity contribution in [3.05, 3.63) is 35.4 Å². The molecule has 134 valence electrons. The monoisotopic (exact) mass is 353 g/mol. The summed E-state index contributed by atoms with van der Waals surface area (Å²) in [5.41, 5.74) is 3.19. The molecule has 4 rings (SSSR count). The fourth-order valence-electron chi connectivity index (χ4n) is 3.45. The number of amidine groups is 1. The average Bonchev–Trinajstić information content (AvgIpc) is 2.99. The van der Waals surface area contributed by atoms with Crippen LogP contribution in [0.3, 0.4) is 0 Å². The van der Waals surface area contributed by atoms with Crippen LogP contribution in [-0.2, 0) is 11.3 Å². The Bertz CT molecular complexity index is 899. The molecule has 0 spiro atoms. The SMILES string of the molecule is CC1=NN(Cc2ccc(C)cc2)C2=[N+](C1)C1C(=O)N(C)C(=O)N(C)C1=N2. The molecule has 1 atom stereocenters. The summed E-state index contributed by atoms with van der Waals surface area (Å²) in [6.45, 7) is 5.04. The van der Waals surface area contributed by atoms with E-state index >= 15 is 0 Å². The second kappa shape index (κ2) is 5.76. The molecular formula is C18H21N6O2+. The van der Waals surface area contributed by atoms with Gasteiger partial charge in [-0.1, -0.05) is 34.8 Å². The molecule has 3 heterocycles. The lowest BCUT2D eigenvalue weighted by molar-refractivity contribution is -0.528. The van der Waals surface area contributed by atoms with Gasteiger partial charge in [0.1, 0.15) is 13.1 Å². The second-order valence-corrected chi connectivity index (χ2v) is 6.92. The predicted molar refractivity (Wildman–Crippen MR) is 97.1 cm³/mol. The molecule has 3 amide bonds. The van der Waals surface area contributed by atoms with E-state index in [2.05, 4.69) is 34.4 Å². The van der Waals surface area contributed by atoms with Gasteiger partial charge < -0.3 is 0 Å². The van der Waals surface area contributed by atoms with Gasteiger partial charge in [0.2, 0.25) is 11.9 Å². The summed E-state index contributed by atoms with van der Waals surface area (Å²) in [6.07, 6.45) is 0. The first kappa shape index (κ1) is 16.4. The van der Waals surface area contributed by atoms with E-state index in [1.165, 1.54) is 17.5 Å². The van der Waals surface area contributed by atoms with Gasteiger partial charge in [-0.25, -0.2) is 9.37 Å². The van der Waals surface area contributed by atoms with Crippen LogP contribution in [0, 0.1) is 6.92 Å². The van der Waals surface area contributed by atoms with Crippen LogP contribution in [0.2, 0.25) is 0 Å². The van der Waals surface area contributed by atoms with Crippen molar-refractivity contribution in [2.24, 2.45) is 10.1 Å². The summed E-state index contributed by atoms with van der Waals surface area (Å²) >= 11 is 0. The zero-order valence-corrected chi connectivity index (χ0v) is 15.3. The van der Waals surface area contributed by atoms with Crippen molar-refractivity contribution in [2.75, 3.05) is 20.6 Å². The van der Waals surface area contributed by atoms with E-state index < -0.39 is 6.04 Å². The van der Waals surface area contributed by atoms with Gasteiger partial charge in [0.25, 0.3) is 5.91 Å². The number of hydrogen-bond acceptors (Lipinski definition) is 5. The number of urea groups is 1. The fourth-order valence-corrected chi connectivity index (χ4v) is 3.45. The highest BCUT2D eigenvalue weighted by molar-refractivity contribution is 6.23. The lowest BCUT2D eigenvalue weighted by Gasteiger charge is -2.32. The zero-order chi connectivity index (χ0) is 18.6. The largest absolute Gasteiger partial charge is 0.417 e. The second-order valence-electron chi connectivity index (χ2n) is 6.92. The van der Waals surface area contributed by atoms with E-state index in [0.717, 1.165) is 16.2 Å². The van der Waals surface area contributed by atoms with Crippen LogP contribution < -0.4 is 0 Å². The third-order valence-corrected chi connectivity index (χ3v) is 4.88. The number of aryl methyl sites for hydroxylation is 1. The van der Waals surface area contributed by atoms with E-state index in [1.807, 2.05) is 18.4 Å². The van der Waals surface area contributed by atoms with Gasteiger partial charge in [-0.15, -0.1) is 10.1 Å². The molecule has 8 heteroatoms. The van der Waals surface area contributed by atoms with E-state index in [0.29, 0.717) is 24.9 Å². The molecule has 0 aliphatic carbocycles. The Labute approximate surface area is 151 Å². The van der Waals surface area contributed by atoms with Gasteiger partial charge in [0, 0.05) is 14.1 Å². The van der Waals surface area contributed by atoms with Crippen LogP contribution in [0.25, 0.3) is 0 Å². The van der Waals surface area contributed by atoms with Gasteiger partial charge in [-0.2, -0.15) is 0 Å². The molecule has 0 bridgehead atoms. The van der Waals surface area contributed by atoms with Crippen molar-refractivity contribution in [3.63, 3.8) is 0 Å². The Morgan fingerprint density at radius 1 is 1.12 bits per heavy atom. The minimum absolute atomic E-state index is 0.258. The van der Waals surface area contributed by atoms with Crippen molar-refractivity contribution in [1.29, 1.82) is 0 Å². The average molecular weight is 353 g/mol. The standard InChI is InChI=1S/C18H21N6O2/c1-11-5-7-13(8-6-11)10-24-17-19-15-14(23(17)9-12(2)20-24)16(25)22(4)18(26)21(15)3/h5-8,14H,9-10H2,1-4H3/q+1. The van der Waals surface area contributed by atoms with E-state index in [-0.39, 0.29) is 11.9 Å². The highest BCUT2D eigenvalue weighted by Gasteiger charge is 2.53. The van der Waals surface area contributed by atoms with Gasteiger partial charge in [-0.05, 0) is 19.4 Å². The Hall–Kier alpha value is -3.03. The maximum atomic E-state index is 12.7. The number of carbonyl (C=O) groups excluding carboxylic acids is 2. The van der Waals surface area contributed by atoms with Crippen molar-refractivity contribution >= 4 is 29.4 Å². The van der Waals surface area contributed by atoms with E-state index in [1.54, 1.807) is 12.1 Å². The number of benzene rings is 1. The lowest BCUT2D eigenvalue weighted by atomic mass is 10.1. The number of imide groups is 1. The lowest BCUT2D eigenvalue weighted by Crippen LogP contribution is -2.62. The summed E-state index contributed by atoms with van der Waals surface area (Å²) in [7, 11) is 3.15. The van der Waals surface area contributed by atoms with Gasteiger partial charge in [-0.3, -0.25) is 14.6 Å². The number of likely N-dealkylation sites (N-methyl/N-ethyl adjacent to an activating group) is 2. The molecule has 8 nitrogen and oxygen atoms in total. The summed E-state index contributed by atoms with van der Waals surface area (Å²) in [4.78, 5) is 32.1. The third-order valence-electron chi connectivity index (χ3n) is 4.88. The summed E-state index contributed by atoms with van der Waals surface area (Å²) in [6, 6.07) is 7.29. The van der Waals surface area contributed by atoms with Crippen LogP contribution in [-0.4, -0.2) is 75.5 Å². The zero-order valence-electron chi connectivity index (χ0n) is 15.3. The molecule has 1 unspecified atom stereocenters. The Morgan fingerprint density at radius 3 is 2.50 bits per heavy atom. The quantitative estimate of drug-likeness (QED) is 0.741. The van der Waals surface area contributed by atoms with Crippen LogP contribution >= 0.6 is 0 Å². The molecule has 1 fully saturated rings. The van der Waals surface area contributed by atoms with Gasteiger partial charge >= 0.3 is 12.0 Å². The first-order valence-corrected chi connectivity index (χ1v) is 8.51. The number of nitrogens with zero attached hydrogens (tertiary/aromatic N) is 6. The van der Waals surface area contributed by atoms with Crippen molar-refractivity contribution in [1.82, 2.24) is 14.8 Å².